The topological polar surface area (TPSA) is 84.0 Å². The van der Waals surface area contributed by atoms with E-state index >= 15 is 0 Å². The maximum atomic E-state index is 12.1. The summed E-state index contributed by atoms with van der Waals surface area (Å²) in [4.78, 5) is 16.5. The number of epoxide rings is 1. The first-order valence-electron chi connectivity index (χ1n) is 7.31. The van der Waals surface area contributed by atoms with Crippen molar-refractivity contribution in [3.63, 3.8) is 0 Å². The lowest BCUT2D eigenvalue weighted by Crippen LogP contribution is -2.26. The van der Waals surface area contributed by atoms with Gasteiger partial charge in [-0.05, 0) is 18.6 Å². The number of aromatic nitrogens is 1. The maximum Gasteiger partial charge on any atom is 0.270 e. The maximum absolute atomic E-state index is 12.1. The van der Waals surface area contributed by atoms with Crippen molar-refractivity contribution in [3.05, 3.63) is 36.0 Å². The van der Waals surface area contributed by atoms with Crippen molar-refractivity contribution in [1.82, 2.24) is 10.3 Å². The number of amides is 1. The number of benzene rings is 1. The molecular weight excluding hydrogens is 284 g/mol. The third kappa shape index (κ3) is 3.52. The molecule has 116 valence electrons. The molecule has 6 nitrogen and oxygen atoms in total. The molecule has 1 aliphatic heterocycles. The lowest BCUT2D eigenvalue weighted by molar-refractivity contribution is 0.0946. The molecule has 1 atom stereocenters. The predicted octanol–water partition coefficient (Wildman–Crippen LogP) is 1.12. The Morgan fingerprint density at radius 2 is 2.27 bits per heavy atom. The number of hydrogen-bond acceptors (Lipinski definition) is 5. The number of nitrogens with zero attached hydrogens (tertiary/aromatic N) is 1. The standard InChI is InChI=1S/C16H18N2O4/c19-7-3-6-17-16(20)14-8-15(22-10-11-9-21-11)12-4-1-2-5-13(12)18-14/h1-2,4-5,8,11,19H,3,6-7,9-10H2,(H,17,20). The molecule has 1 aliphatic rings. The predicted molar refractivity (Wildman–Crippen MR) is 81.0 cm³/mol. The van der Waals surface area contributed by atoms with E-state index in [0.29, 0.717) is 36.5 Å². The van der Waals surface area contributed by atoms with Gasteiger partial charge in [0.05, 0.1) is 12.1 Å². The Morgan fingerprint density at radius 3 is 3.05 bits per heavy atom. The van der Waals surface area contributed by atoms with Crippen LogP contribution in [0, 0.1) is 0 Å². The Morgan fingerprint density at radius 1 is 1.45 bits per heavy atom. The number of aliphatic hydroxyl groups excluding tert-OH is 1. The number of para-hydroxylation sites is 1. The second kappa shape index (κ2) is 6.72. The van der Waals surface area contributed by atoms with Crippen LogP contribution in [-0.2, 0) is 4.74 Å². The number of rotatable bonds is 7. The molecule has 22 heavy (non-hydrogen) atoms. The van der Waals surface area contributed by atoms with Crippen LogP contribution >= 0.6 is 0 Å². The van der Waals surface area contributed by atoms with Gasteiger partial charge in [-0.1, -0.05) is 12.1 Å². The van der Waals surface area contributed by atoms with Crippen LogP contribution in [0.5, 0.6) is 5.75 Å². The summed E-state index contributed by atoms with van der Waals surface area (Å²) in [5.41, 5.74) is 1.02. The van der Waals surface area contributed by atoms with E-state index in [-0.39, 0.29) is 18.6 Å². The summed E-state index contributed by atoms with van der Waals surface area (Å²) in [5.74, 6) is 0.361. The van der Waals surface area contributed by atoms with Gasteiger partial charge in [0.25, 0.3) is 5.91 Å². The lowest BCUT2D eigenvalue weighted by Gasteiger charge is -2.10. The number of fused-ring (bicyclic) bond motifs is 1. The van der Waals surface area contributed by atoms with Crippen molar-refractivity contribution in [3.8, 4) is 5.75 Å². The molecule has 2 heterocycles. The molecule has 6 heteroatoms. The summed E-state index contributed by atoms with van der Waals surface area (Å²) < 4.78 is 10.9. The molecule has 1 aromatic heterocycles. The number of ether oxygens (including phenoxy) is 2. The van der Waals surface area contributed by atoms with Gasteiger partial charge in [-0.25, -0.2) is 4.98 Å². The van der Waals surface area contributed by atoms with Gasteiger partial charge in [0.2, 0.25) is 0 Å². The number of carbonyl (C=O) groups excluding carboxylic acids is 1. The van der Waals surface area contributed by atoms with E-state index in [2.05, 4.69) is 10.3 Å². The summed E-state index contributed by atoms with van der Waals surface area (Å²) in [6, 6.07) is 9.19. The van der Waals surface area contributed by atoms with Gasteiger partial charge >= 0.3 is 0 Å². The summed E-state index contributed by atoms with van der Waals surface area (Å²) in [6.07, 6.45) is 0.663. The molecule has 2 aromatic rings. The smallest absolute Gasteiger partial charge is 0.270 e. The Balaban J connectivity index is 1.84. The fourth-order valence-corrected chi connectivity index (χ4v) is 2.10. The highest BCUT2D eigenvalue weighted by atomic mass is 16.6. The Hall–Kier alpha value is -2.18. The van der Waals surface area contributed by atoms with Gasteiger partial charge in [0, 0.05) is 24.6 Å². The fraction of sp³-hybridized carbons (Fsp3) is 0.375. The monoisotopic (exact) mass is 302 g/mol. The third-order valence-corrected chi connectivity index (χ3v) is 3.36. The van der Waals surface area contributed by atoms with Gasteiger partial charge < -0.3 is 19.9 Å². The third-order valence-electron chi connectivity index (χ3n) is 3.36. The van der Waals surface area contributed by atoms with E-state index in [1.165, 1.54) is 0 Å². The minimum atomic E-state index is -0.272. The van der Waals surface area contributed by atoms with E-state index in [1.54, 1.807) is 6.07 Å². The molecule has 0 spiro atoms. The van der Waals surface area contributed by atoms with Gasteiger partial charge in [-0.15, -0.1) is 0 Å². The van der Waals surface area contributed by atoms with Crippen LogP contribution < -0.4 is 10.1 Å². The molecular formula is C16H18N2O4. The van der Waals surface area contributed by atoms with Crippen LogP contribution in [0.1, 0.15) is 16.9 Å². The first-order valence-corrected chi connectivity index (χ1v) is 7.31. The van der Waals surface area contributed by atoms with E-state index in [9.17, 15) is 4.79 Å². The molecule has 1 unspecified atom stereocenters. The summed E-state index contributed by atoms with van der Waals surface area (Å²) in [5, 5.41) is 12.4. The van der Waals surface area contributed by atoms with Gasteiger partial charge in [-0.3, -0.25) is 4.79 Å². The normalized spacial score (nSPS) is 16.5. The van der Waals surface area contributed by atoms with E-state index in [4.69, 9.17) is 14.6 Å². The average Bonchev–Trinajstić information content (AvgIpc) is 3.36. The van der Waals surface area contributed by atoms with Crippen molar-refractivity contribution < 1.29 is 19.4 Å². The Bertz CT molecular complexity index is 670. The van der Waals surface area contributed by atoms with Gasteiger partial charge in [0.15, 0.2) is 0 Å². The molecule has 0 radical (unpaired) electrons. The lowest BCUT2D eigenvalue weighted by atomic mass is 10.1. The number of hydrogen-bond donors (Lipinski definition) is 2. The number of pyridine rings is 1. The van der Waals surface area contributed by atoms with Crippen LogP contribution in [0.3, 0.4) is 0 Å². The SMILES string of the molecule is O=C(NCCCO)c1cc(OCC2CO2)c2ccccc2n1. The largest absolute Gasteiger partial charge is 0.490 e. The second-order valence-electron chi connectivity index (χ2n) is 5.12. The van der Waals surface area contributed by atoms with Crippen LogP contribution in [0.15, 0.2) is 30.3 Å². The highest BCUT2D eigenvalue weighted by Crippen LogP contribution is 2.26. The second-order valence-corrected chi connectivity index (χ2v) is 5.12. The van der Waals surface area contributed by atoms with E-state index < -0.39 is 0 Å². The summed E-state index contributed by atoms with van der Waals surface area (Å²) >= 11 is 0. The summed E-state index contributed by atoms with van der Waals surface area (Å²) in [7, 11) is 0. The van der Waals surface area contributed by atoms with Crippen molar-refractivity contribution in [2.24, 2.45) is 0 Å². The van der Waals surface area contributed by atoms with Crippen molar-refractivity contribution in [2.45, 2.75) is 12.5 Å². The minimum absolute atomic E-state index is 0.0428. The number of carbonyl (C=O) groups is 1. The molecule has 1 fully saturated rings. The fourth-order valence-electron chi connectivity index (χ4n) is 2.10. The number of aliphatic hydroxyl groups is 1. The molecule has 3 rings (SSSR count). The minimum Gasteiger partial charge on any atom is -0.490 e. The number of nitrogens with one attached hydrogen (secondary N) is 1. The van der Waals surface area contributed by atoms with Crippen molar-refractivity contribution in [2.75, 3.05) is 26.4 Å². The Labute approximate surface area is 128 Å². The molecule has 1 saturated heterocycles. The quantitative estimate of drug-likeness (QED) is 0.591. The zero-order valence-electron chi connectivity index (χ0n) is 12.1. The van der Waals surface area contributed by atoms with Crippen molar-refractivity contribution >= 4 is 16.8 Å². The van der Waals surface area contributed by atoms with Gasteiger partial charge in [-0.2, -0.15) is 0 Å². The molecule has 0 saturated carbocycles. The zero-order valence-corrected chi connectivity index (χ0v) is 12.1. The molecule has 1 aromatic carbocycles. The average molecular weight is 302 g/mol. The first-order chi connectivity index (χ1) is 10.8. The highest BCUT2D eigenvalue weighted by molar-refractivity contribution is 5.97. The summed E-state index contributed by atoms with van der Waals surface area (Å²) in [6.45, 7) is 1.65. The van der Waals surface area contributed by atoms with Crippen LogP contribution in [0.2, 0.25) is 0 Å². The molecule has 0 bridgehead atoms. The van der Waals surface area contributed by atoms with E-state index in [0.717, 1.165) is 12.0 Å². The first kappa shape index (κ1) is 14.7. The van der Waals surface area contributed by atoms with Crippen LogP contribution in [0.4, 0.5) is 0 Å². The van der Waals surface area contributed by atoms with E-state index in [1.807, 2.05) is 24.3 Å². The zero-order chi connectivity index (χ0) is 15.4. The van der Waals surface area contributed by atoms with Crippen LogP contribution in [-0.4, -0.2) is 48.5 Å². The van der Waals surface area contributed by atoms with Crippen LogP contribution in [0.25, 0.3) is 10.9 Å². The van der Waals surface area contributed by atoms with Gasteiger partial charge in [0.1, 0.15) is 24.2 Å². The Kier molecular flexibility index (Phi) is 4.50. The molecule has 1 amide bonds. The molecule has 0 aliphatic carbocycles. The molecule has 2 N–H and O–H groups in total. The highest BCUT2D eigenvalue weighted by Gasteiger charge is 2.24. The van der Waals surface area contributed by atoms with Crippen molar-refractivity contribution in [1.29, 1.82) is 0 Å².